The van der Waals surface area contributed by atoms with Crippen molar-refractivity contribution in [3.05, 3.63) is 53.1 Å². The lowest BCUT2D eigenvalue weighted by molar-refractivity contribution is 0.251. The molecular weight excluding hydrogens is 341 g/mol. The lowest BCUT2D eigenvalue weighted by atomic mass is 10.2. The average molecular weight is 359 g/mol. The van der Waals surface area contributed by atoms with Crippen LogP contribution in [0.15, 0.2) is 30.3 Å². The molecule has 2 aromatic carbocycles. The van der Waals surface area contributed by atoms with Crippen LogP contribution in [0, 0.1) is 12.4 Å². The molecule has 0 atom stereocenters. The first kappa shape index (κ1) is 18.9. The Balaban J connectivity index is 2.09. The predicted molar refractivity (Wildman–Crippen MR) is 94.6 cm³/mol. The van der Waals surface area contributed by atoms with Crippen LogP contribution in [0.3, 0.4) is 0 Å². The van der Waals surface area contributed by atoms with Crippen molar-refractivity contribution in [1.29, 1.82) is 0 Å². The van der Waals surface area contributed by atoms with Gasteiger partial charge in [0, 0.05) is 18.2 Å². The first-order valence-electron chi connectivity index (χ1n) is 7.53. The van der Waals surface area contributed by atoms with Crippen molar-refractivity contribution in [3.8, 4) is 17.2 Å². The molecule has 2 aromatic rings. The second-order valence-electron chi connectivity index (χ2n) is 5.10. The number of nitrogens with zero attached hydrogens (tertiary/aromatic N) is 1. The largest absolute Gasteiger partial charge is 0.497 e. The van der Waals surface area contributed by atoms with Gasteiger partial charge in [-0.25, -0.2) is 14.0 Å². The molecule has 0 bridgehead atoms. The summed E-state index contributed by atoms with van der Waals surface area (Å²) in [6, 6.07) is 6.94. The molecule has 0 fully saturated rings. The molecule has 0 heterocycles. The van der Waals surface area contributed by atoms with Gasteiger partial charge in [0.15, 0.2) is 11.6 Å². The maximum absolute atomic E-state index is 13.6. The summed E-state index contributed by atoms with van der Waals surface area (Å²) < 4.78 is 28.9. The Kier molecular flexibility index (Phi) is 6.22. The number of benzene rings is 2. The fourth-order valence-electron chi connectivity index (χ4n) is 2.23. The van der Waals surface area contributed by atoms with E-state index in [1.54, 1.807) is 25.3 Å². The fraction of sp³-hybridized carbons (Fsp3) is 0.222. The summed E-state index contributed by atoms with van der Waals surface area (Å²) in [6.45, 7) is 7.28. The minimum Gasteiger partial charge on any atom is -0.497 e. The van der Waals surface area contributed by atoms with Crippen LogP contribution in [0.4, 0.5) is 20.6 Å². The molecule has 7 nitrogen and oxygen atoms in total. The molecule has 0 unspecified atom stereocenters. The normalized spacial score (nSPS) is 9.81. The van der Waals surface area contributed by atoms with Crippen LogP contribution in [-0.2, 0) is 6.54 Å². The first-order valence-corrected chi connectivity index (χ1v) is 7.53. The Hall–Kier alpha value is -3.47. The summed E-state index contributed by atoms with van der Waals surface area (Å²) in [5.41, 5.74) is 0.864. The van der Waals surface area contributed by atoms with E-state index in [2.05, 4.69) is 15.5 Å². The summed E-state index contributed by atoms with van der Waals surface area (Å²) in [5, 5.41) is 5.17. The third kappa shape index (κ3) is 4.33. The Morgan fingerprint density at radius 3 is 2.46 bits per heavy atom. The van der Waals surface area contributed by atoms with Gasteiger partial charge in [-0.05, 0) is 24.3 Å². The lowest BCUT2D eigenvalue weighted by Gasteiger charge is -2.13. The van der Waals surface area contributed by atoms with Gasteiger partial charge in [0.05, 0.1) is 33.6 Å². The SMILES string of the molecule is [C-]#[N+]c1cc(F)c(OC)cc1NC(=O)NCc1ccc(OC)cc1OC. The van der Waals surface area contributed by atoms with E-state index in [0.717, 1.165) is 11.6 Å². The average Bonchev–Trinajstić information content (AvgIpc) is 2.67. The van der Waals surface area contributed by atoms with Crippen LogP contribution in [-0.4, -0.2) is 27.4 Å². The molecule has 8 heteroatoms. The molecule has 136 valence electrons. The summed E-state index contributed by atoms with van der Waals surface area (Å²) in [7, 11) is 4.37. The molecule has 0 aliphatic carbocycles. The van der Waals surface area contributed by atoms with E-state index in [1.165, 1.54) is 20.3 Å². The second kappa shape index (κ2) is 8.58. The van der Waals surface area contributed by atoms with Gasteiger partial charge < -0.3 is 24.8 Å². The van der Waals surface area contributed by atoms with E-state index in [9.17, 15) is 9.18 Å². The van der Waals surface area contributed by atoms with Gasteiger partial charge >= 0.3 is 6.03 Å². The molecule has 0 saturated carbocycles. The highest BCUT2D eigenvalue weighted by Gasteiger charge is 2.13. The highest BCUT2D eigenvalue weighted by molar-refractivity contribution is 5.93. The van der Waals surface area contributed by atoms with Gasteiger partial charge in [0.1, 0.15) is 11.5 Å². The number of carbonyl (C=O) groups is 1. The number of amides is 2. The number of halogens is 1. The van der Waals surface area contributed by atoms with E-state index in [-0.39, 0.29) is 23.7 Å². The van der Waals surface area contributed by atoms with Crippen molar-refractivity contribution >= 4 is 17.4 Å². The number of nitrogens with one attached hydrogen (secondary N) is 2. The third-order valence-corrected chi connectivity index (χ3v) is 3.57. The monoisotopic (exact) mass is 359 g/mol. The minimum absolute atomic E-state index is 0.0273. The van der Waals surface area contributed by atoms with E-state index >= 15 is 0 Å². The number of urea groups is 1. The van der Waals surface area contributed by atoms with Gasteiger partial charge in [-0.2, -0.15) is 0 Å². The Morgan fingerprint density at radius 1 is 1.12 bits per heavy atom. The molecule has 0 aliphatic heterocycles. The van der Waals surface area contributed by atoms with Gasteiger partial charge in [0.2, 0.25) is 5.69 Å². The molecule has 26 heavy (non-hydrogen) atoms. The van der Waals surface area contributed by atoms with E-state index in [0.29, 0.717) is 11.5 Å². The second-order valence-corrected chi connectivity index (χ2v) is 5.10. The molecular formula is C18H18FN3O4. The van der Waals surface area contributed by atoms with Gasteiger partial charge in [-0.3, -0.25) is 0 Å². The van der Waals surface area contributed by atoms with Crippen LogP contribution in [0.25, 0.3) is 4.85 Å². The molecule has 0 saturated heterocycles. The molecule has 0 aromatic heterocycles. The van der Waals surface area contributed by atoms with Gasteiger partial charge in [-0.1, -0.05) is 0 Å². The fourth-order valence-corrected chi connectivity index (χ4v) is 2.23. The Morgan fingerprint density at radius 2 is 1.85 bits per heavy atom. The van der Waals surface area contributed by atoms with Crippen molar-refractivity contribution in [2.45, 2.75) is 6.54 Å². The zero-order chi connectivity index (χ0) is 19.1. The zero-order valence-corrected chi connectivity index (χ0v) is 14.6. The van der Waals surface area contributed by atoms with Crippen LogP contribution in [0.5, 0.6) is 17.2 Å². The number of hydrogen-bond donors (Lipinski definition) is 2. The van der Waals surface area contributed by atoms with Gasteiger partial charge in [0.25, 0.3) is 0 Å². The quantitative estimate of drug-likeness (QED) is 0.771. The molecule has 2 amide bonds. The standard InChI is InChI=1S/C18H18FN3O4/c1-20-14-8-13(19)17(26-4)9-15(14)22-18(23)21-10-11-5-6-12(24-2)7-16(11)25-3/h5-9H,10H2,2-4H3,(H2,21,22,23). The van der Waals surface area contributed by atoms with E-state index < -0.39 is 11.8 Å². The van der Waals surface area contributed by atoms with Crippen LogP contribution >= 0.6 is 0 Å². The van der Waals surface area contributed by atoms with Crippen molar-refractivity contribution in [3.63, 3.8) is 0 Å². The van der Waals surface area contributed by atoms with Crippen LogP contribution < -0.4 is 24.8 Å². The summed E-state index contributed by atoms with van der Waals surface area (Å²) in [6.07, 6.45) is 0. The van der Waals surface area contributed by atoms with Crippen LogP contribution in [0.1, 0.15) is 5.56 Å². The molecule has 0 aliphatic rings. The predicted octanol–water partition coefficient (Wildman–Crippen LogP) is 3.72. The zero-order valence-electron chi connectivity index (χ0n) is 14.6. The summed E-state index contributed by atoms with van der Waals surface area (Å²) >= 11 is 0. The van der Waals surface area contributed by atoms with Crippen LogP contribution in [0.2, 0.25) is 0 Å². The van der Waals surface area contributed by atoms with E-state index in [4.69, 9.17) is 20.8 Å². The molecule has 2 rings (SSSR count). The number of rotatable bonds is 6. The number of methoxy groups -OCH3 is 3. The summed E-state index contributed by atoms with van der Waals surface area (Å²) in [4.78, 5) is 15.3. The van der Waals surface area contributed by atoms with Crippen molar-refractivity contribution in [2.24, 2.45) is 0 Å². The molecule has 0 spiro atoms. The highest BCUT2D eigenvalue weighted by Crippen LogP contribution is 2.32. The van der Waals surface area contributed by atoms with E-state index in [1.807, 2.05) is 0 Å². The minimum atomic E-state index is -0.674. The van der Waals surface area contributed by atoms with Gasteiger partial charge in [-0.15, -0.1) is 0 Å². The molecule has 0 radical (unpaired) electrons. The highest BCUT2D eigenvalue weighted by atomic mass is 19.1. The number of carbonyl (C=O) groups excluding carboxylic acids is 1. The number of ether oxygens (including phenoxy) is 3. The first-order chi connectivity index (χ1) is 12.5. The number of hydrogen-bond acceptors (Lipinski definition) is 4. The van der Waals surface area contributed by atoms with Crippen molar-refractivity contribution in [2.75, 3.05) is 26.6 Å². The smallest absolute Gasteiger partial charge is 0.318 e. The summed E-state index contributed by atoms with van der Waals surface area (Å²) in [5.74, 6) is 0.460. The third-order valence-electron chi connectivity index (χ3n) is 3.57. The topological polar surface area (TPSA) is 73.2 Å². The van der Waals surface area contributed by atoms with Crippen molar-refractivity contribution in [1.82, 2.24) is 5.32 Å². The molecule has 2 N–H and O–H groups in total. The number of anilines is 1. The maximum atomic E-state index is 13.6. The van der Waals surface area contributed by atoms with Crippen molar-refractivity contribution < 1.29 is 23.4 Å². The Bertz CT molecular complexity index is 849. The Labute approximate surface area is 150 Å². The maximum Gasteiger partial charge on any atom is 0.318 e. The lowest BCUT2D eigenvalue weighted by Crippen LogP contribution is -2.28.